The Bertz CT molecular complexity index is 979. The van der Waals surface area contributed by atoms with Crippen LogP contribution in [0.15, 0.2) is 45.9 Å². The molecular weight excluding hydrogens is 418 g/mol. The van der Waals surface area contributed by atoms with Gasteiger partial charge in [0, 0.05) is 39.0 Å². The highest BCUT2D eigenvalue weighted by Gasteiger charge is 2.28. The number of hydrogen-bond donors (Lipinski definition) is 1. The number of hydrogen-bond acceptors (Lipinski definition) is 6. The topological polar surface area (TPSA) is 92.1 Å². The van der Waals surface area contributed by atoms with Crippen molar-refractivity contribution in [2.45, 2.75) is 37.0 Å². The van der Waals surface area contributed by atoms with Crippen molar-refractivity contribution in [1.82, 2.24) is 4.31 Å². The fourth-order valence-corrected chi connectivity index (χ4v) is 5.46. The Kier molecular flexibility index (Phi) is 6.94. The molecule has 0 spiro atoms. The molecule has 31 heavy (non-hydrogen) atoms. The average Bonchev–Trinajstić information content (AvgIpc) is 3.33. The zero-order valence-corrected chi connectivity index (χ0v) is 18.4. The first-order valence-corrected chi connectivity index (χ1v) is 12.3. The van der Waals surface area contributed by atoms with Crippen LogP contribution in [0.2, 0.25) is 0 Å². The van der Waals surface area contributed by atoms with Crippen molar-refractivity contribution < 1.29 is 22.4 Å². The molecule has 0 unspecified atom stereocenters. The number of anilines is 2. The molecule has 9 heteroatoms. The second-order valence-corrected chi connectivity index (χ2v) is 9.81. The van der Waals surface area contributed by atoms with Crippen LogP contribution in [-0.2, 0) is 26.0 Å². The molecule has 0 bridgehead atoms. The molecule has 4 rings (SSSR count). The van der Waals surface area contributed by atoms with Crippen molar-refractivity contribution in [2.24, 2.45) is 0 Å². The molecule has 8 nitrogen and oxygen atoms in total. The Labute approximate surface area is 183 Å². The molecular formula is C22H29N3O5S. The average molecular weight is 448 g/mol. The molecule has 3 heterocycles. The van der Waals surface area contributed by atoms with E-state index in [-0.39, 0.29) is 17.2 Å². The summed E-state index contributed by atoms with van der Waals surface area (Å²) in [6, 6.07) is 8.69. The SMILES string of the molecule is O=C(CCc1ccco1)Nc1cc(S(=O)(=O)N2CCOCC2)ccc1N1CCCCC1. The maximum atomic E-state index is 13.1. The normalized spacial score (nSPS) is 18.1. The van der Waals surface area contributed by atoms with E-state index in [0.29, 0.717) is 38.4 Å². The van der Waals surface area contributed by atoms with Crippen LogP contribution in [0.4, 0.5) is 11.4 Å². The first-order chi connectivity index (χ1) is 15.0. The number of sulfonamides is 1. The number of benzene rings is 1. The summed E-state index contributed by atoms with van der Waals surface area (Å²) in [6.07, 6.45) is 5.68. The molecule has 0 radical (unpaired) electrons. The van der Waals surface area contributed by atoms with E-state index in [1.165, 1.54) is 10.7 Å². The van der Waals surface area contributed by atoms with Gasteiger partial charge >= 0.3 is 0 Å². The molecule has 2 aliphatic heterocycles. The molecule has 2 aliphatic rings. The minimum Gasteiger partial charge on any atom is -0.469 e. The van der Waals surface area contributed by atoms with Gasteiger partial charge in [0.15, 0.2) is 0 Å². The quantitative estimate of drug-likeness (QED) is 0.702. The largest absolute Gasteiger partial charge is 0.469 e. The van der Waals surface area contributed by atoms with E-state index in [1.54, 1.807) is 24.5 Å². The molecule has 1 N–H and O–H groups in total. The number of aryl methyl sites for hydroxylation is 1. The van der Waals surface area contributed by atoms with Crippen LogP contribution < -0.4 is 10.2 Å². The summed E-state index contributed by atoms with van der Waals surface area (Å²) in [5.41, 5.74) is 1.41. The first-order valence-electron chi connectivity index (χ1n) is 10.8. The number of carbonyl (C=O) groups is 1. The number of nitrogens with zero attached hydrogens (tertiary/aromatic N) is 2. The van der Waals surface area contributed by atoms with Crippen molar-refractivity contribution in [3.05, 3.63) is 42.4 Å². The van der Waals surface area contributed by atoms with Crippen LogP contribution in [0.25, 0.3) is 0 Å². The van der Waals surface area contributed by atoms with Crippen LogP contribution in [0, 0.1) is 0 Å². The monoisotopic (exact) mass is 447 g/mol. The van der Waals surface area contributed by atoms with Gasteiger partial charge in [0.05, 0.1) is 35.7 Å². The number of rotatable bonds is 7. The van der Waals surface area contributed by atoms with Crippen LogP contribution in [-0.4, -0.2) is 58.0 Å². The summed E-state index contributed by atoms with van der Waals surface area (Å²) >= 11 is 0. The van der Waals surface area contributed by atoms with Crippen LogP contribution in [0.5, 0.6) is 0 Å². The second-order valence-electron chi connectivity index (χ2n) is 7.87. The van der Waals surface area contributed by atoms with Gasteiger partial charge in [-0.3, -0.25) is 4.79 Å². The van der Waals surface area contributed by atoms with Crippen molar-refractivity contribution in [3.63, 3.8) is 0 Å². The molecule has 1 aromatic heterocycles. The van der Waals surface area contributed by atoms with Gasteiger partial charge in [-0.25, -0.2) is 8.42 Å². The van der Waals surface area contributed by atoms with Crippen molar-refractivity contribution in [1.29, 1.82) is 0 Å². The lowest BCUT2D eigenvalue weighted by Crippen LogP contribution is -2.40. The smallest absolute Gasteiger partial charge is 0.243 e. The third-order valence-corrected chi connectivity index (χ3v) is 7.62. The first kappa shape index (κ1) is 21.9. The van der Waals surface area contributed by atoms with Gasteiger partial charge in [0.2, 0.25) is 15.9 Å². The maximum absolute atomic E-state index is 13.1. The van der Waals surface area contributed by atoms with E-state index in [9.17, 15) is 13.2 Å². The lowest BCUT2D eigenvalue weighted by Gasteiger charge is -2.31. The third kappa shape index (κ3) is 5.28. The number of morpholine rings is 1. The van der Waals surface area contributed by atoms with Gasteiger partial charge < -0.3 is 19.4 Å². The van der Waals surface area contributed by atoms with E-state index in [0.717, 1.165) is 37.4 Å². The number of piperidine rings is 1. The molecule has 2 aromatic rings. The molecule has 0 atom stereocenters. The summed E-state index contributed by atoms with van der Waals surface area (Å²) < 4.78 is 38.3. The minimum atomic E-state index is -3.65. The Balaban J connectivity index is 1.57. The highest BCUT2D eigenvalue weighted by molar-refractivity contribution is 7.89. The van der Waals surface area contributed by atoms with Crippen LogP contribution >= 0.6 is 0 Å². The highest BCUT2D eigenvalue weighted by atomic mass is 32.2. The van der Waals surface area contributed by atoms with E-state index in [2.05, 4.69) is 10.2 Å². The number of ether oxygens (including phenoxy) is 1. The lowest BCUT2D eigenvalue weighted by atomic mass is 10.1. The molecule has 0 saturated carbocycles. The molecule has 1 aromatic carbocycles. The van der Waals surface area contributed by atoms with Crippen LogP contribution in [0.1, 0.15) is 31.4 Å². The Morgan fingerprint density at radius 3 is 2.52 bits per heavy atom. The molecule has 168 valence electrons. The van der Waals surface area contributed by atoms with Gasteiger partial charge in [-0.1, -0.05) is 0 Å². The van der Waals surface area contributed by atoms with Crippen molar-refractivity contribution in [2.75, 3.05) is 49.6 Å². The maximum Gasteiger partial charge on any atom is 0.243 e. The summed E-state index contributed by atoms with van der Waals surface area (Å²) in [5.74, 6) is 0.575. The zero-order chi connectivity index (χ0) is 21.7. The Morgan fingerprint density at radius 1 is 1.03 bits per heavy atom. The summed E-state index contributed by atoms with van der Waals surface area (Å²) in [5, 5.41) is 2.96. The van der Waals surface area contributed by atoms with E-state index >= 15 is 0 Å². The van der Waals surface area contributed by atoms with E-state index < -0.39 is 10.0 Å². The minimum absolute atomic E-state index is 0.171. The zero-order valence-electron chi connectivity index (χ0n) is 17.6. The summed E-state index contributed by atoms with van der Waals surface area (Å²) in [7, 11) is -3.65. The summed E-state index contributed by atoms with van der Waals surface area (Å²) in [4.78, 5) is 15.1. The summed E-state index contributed by atoms with van der Waals surface area (Å²) in [6.45, 7) is 3.24. The molecule has 0 aliphatic carbocycles. The second kappa shape index (κ2) is 9.84. The molecule has 1 amide bonds. The number of amides is 1. The van der Waals surface area contributed by atoms with Gasteiger partial charge in [-0.05, 0) is 49.6 Å². The highest BCUT2D eigenvalue weighted by Crippen LogP contribution is 2.32. The van der Waals surface area contributed by atoms with Crippen LogP contribution in [0.3, 0.4) is 0 Å². The number of nitrogens with one attached hydrogen (secondary N) is 1. The van der Waals surface area contributed by atoms with Gasteiger partial charge in [0.1, 0.15) is 5.76 Å². The van der Waals surface area contributed by atoms with E-state index in [4.69, 9.17) is 9.15 Å². The fourth-order valence-electron chi connectivity index (χ4n) is 4.03. The Hall–Kier alpha value is -2.36. The third-order valence-electron chi connectivity index (χ3n) is 5.73. The molecule has 2 saturated heterocycles. The standard InChI is InChI=1S/C22H29N3O5S/c26-22(9-6-18-5-4-14-30-18)23-20-17-19(31(27,28)25-12-15-29-16-13-25)7-8-21(20)24-10-2-1-3-11-24/h4-5,7-8,14,17H,1-3,6,9-13,15-16H2,(H,23,26). The van der Waals surface area contributed by atoms with Crippen molar-refractivity contribution in [3.8, 4) is 0 Å². The molecule has 2 fully saturated rings. The number of carbonyl (C=O) groups excluding carboxylic acids is 1. The predicted octanol–water partition coefficient (Wildman–Crippen LogP) is 2.86. The number of furan rings is 1. The fraction of sp³-hybridized carbons (Fsp3) is 0.500. The van der Waals surface area contributed by atoms with Crippen molar-refractivity contribution >= 4 is 27.3 Å². The van der Waals surface area contributed by atoms with E-state index in [1.807, 2.05) is 12.1 Å². The Morgan fingerprint density at radius 2 is 1.81 bits per heavy atom. The van der Waals surface area contributed by atoms with Gasteiger partial charge in [0.25, 0.3) is 0 Å². The van der Waals surface area contributed by atoms with Gasteiger partial charge in [-0.15, -0.1) is 0 Å². The predicted molar refractivity (Wildman–Crippen MR) is 118 cm³/mol. The lowest BCUT2D eigenvalue weighted by molar-refractivity contribution is -0.116. The van der Waals surface area contributed by atoms with Gasteiger partial charge in [-0.2, -0.15) is 4.31 Å².